The van der Waals surface area contributed by atoms with Crippen LogP contribution < -0.4 is 15.2 Å². The lowest BCUT2D eigenvalue weighted by Crippen LogP contribution is -2.13. The van der Waals surface area contributed by atoms with Gasteiger partial charge in [-0.05, 0) is 49.6 Å². The zero-order chi connectivity index (χ0) is 14.7. The van der Waals surface area contributed by atoms with Crippen LogP contribution in [0.4, 0.5) is 0 Å². The molecule has 4 heteroatoms. The van der Waals surface area contributed by atoms with Crippen molar-refractivity contribution >= 4 is 10.9 Å². The number of hydrogen-bond donors (Lipinski definition) is 1. The van der Waals surface area contributed by atoms with Crippen molar-refractivity contribution in [2.24, 2.45) is 11.7 Å². The van der Waals surface area contributed by atoms with E-state index in [1.54, 1.807) is 14.2 Å². The van der Waals surface area contributed by atoms with Crippen molar-refractivity contribution in [2.75, 3.05) is 20.8 Å². The number of benzene rings is 1. The van der Waals surface area contributed by atoms with E-state index in [-0.39, 0.29) is 0 Å². The maximum atomic E-state index is 5.76. The summed E-state index contributed by atoms with van der Waals surface area (Å²) in [6.45, 7) is 4.80. The van der Waals surface area contributed by atoms with Gasteiger partial charge in [0, 0.05) is 11.1 Å². The summed E-state index contributed by atoms with van der Waals surface area (Å²) >= 11 is 0. The normalized spacial score (nSPS) is 12.4. The van der Waals surface area contributed by atoms with Crippen LogP contribution in [0.3, 0.4) is 0 Å². The molecule has 4 nitrogen and oxygen atoms in total. The van der Waals surface area contributed by atoms with Gasteiger partial charge in [-0.1, -0.05) is 6.92 Å². The van der Waals surface area contributed by atoms with Crippen molar-refractivity contribution in [2.45, 2.75) is 20.3 Å². The van der Waals surface area contributed by atoms with Crippen LogP contribution in [-0.4, -0.2) is 25.7 Å². The molecule has 0 spiro atoms. The van der Waals surface area contributed by atoms with Gasteiger partial charge < -0.3 is 15.2 Å². The number of hydrogen-bond acceptors (Lipinski definition) is 4. The average molecular weight is 274 g/mol. The van der Waals surface area contributed by atoms with Crippen molar-refractivity contribution in [3.05, 3.63) is 29.5 Å². The van der Waals surface area contributed by atoms with Gasteiger partial charge in [0.05, 0.1) is 14.2 Å². The molecule has 1 aromatic carbocycles. The van der Waals surface area contributed by atoms with Crippen molar-refractivity contribution in [1.29, 1.82) is 0 Å². The van der Waals surface area contributed by atoms with E-state index >= 15 is 0 Å². The minimum Gasteiger partial charge on any atom is -0.496 e. The number of pyridine rings is 1. The fourth-order valence-corrected chi connectivity index (χ4v) is 2.46. The van der Waals surface area contributed by atoms with Gasteiger partial charge >= 0.3 is 0 Å². The second kappa shape index (κ2) is 6.09. The second-order valence-electron chi connectivity index (χ2n) is 5.16. The number of fused-ring (bicyclic) bond motifs is 1. The molecule has 2 aromatic rings. The molecule has 0 bridgehead atoms. The van der Waals surface area contributed by atoms with E-state index in [4.69, 9.17) is 15.2 Å². The molecule has 0 aliphatic rings. The fraction of sp³-hybridized carbons (Fsp3) is 0.438. The van der Waals surface area contributed by atoms with Gasteiger partial charge in [0.15, 0.2) is 0 Å². The molecular weight excluding hydrogens is 252 g/mol. The molecule has 1 atom stereocenters. The third-order valence-electron chi connectivity index (χ3n) is 3.51. The summed E-state index contributed by atoms with van der Waals surface area (Å²) in [5.74, 6) is 2.01. The SMILES string of the molecule is COc1ccc(OC)c2c(CC(C)CN)cc(C)nc12. The van der Waals surface area contributed by atoms with E-state index in [0.29, 0.717) is 12.5 Å². The molecule has 0 saturated heterocycles. The van der Waals surface area contributed by atoms with Gasteiger partial charge in [-0.15, -0.1) is 0 Å². The van der Waals surface area contributed by atoms with Crippen molar-refractivity contribution in [1.82, 2.24) is 4.98 Å². The van der Waals surface area contributed by atoms with Crippen LogP contribution in [0.1, 0.15) is 18.2 Å². The smallest absolute Gasteiger partial charge is 0.145 e. The number of ether oxygens (including phenoxy) is 2. The topological polar surface area (TPSA) is 57.4 Å². The van der Waals surface area contributed by atoms with Crippen LogP contribution in [-0.2, 0) is 6.42 Å². The van der Waals surface area contributed by atoms with Crippen molar-refractivity contribution in [3.8, 4) is 11.5 Å². The van der Waals surface area contributed by atoms with E-state index in [0.717, 1.165) is 34.5 Å². The summed E-state index contributed by atoms with van der Waals surface area (Å²) in [6.07, 6.45) is 0.903. The van der Waals surface area contributed by atoms with Gasteiger partial charge in [0.2, 0.25) is 0 Å². The summed E-state index contributed by atoms with van der Waals surface area (Å²) in [6, 6.07) is 5.93. The lowest BCUT2D eigenvalue weighted by molar-refractivity contribution is 0.409. The van der Waals surface area contributed by atoms with E-state index in [9.17, 15) is 0 Å². The Hall–Kier alpha value is -1.81. The largest absolute Gasteiger partial charge is 0.496 e. The Kier molecular flexibility index (Phi) is 4.45. The molecule has 1 unspecified atom stereocenters. The molecule has 1 heterocycles. The Morgan fingerprint density at radius 2 is 1.85 bits per heavy atom. The Bertz CT molecular complexity index is 611. The van der Waals surface area contributed by atoms with Gasteiger partial charge in [0.1, 0.15) is 17.0 Å². The number of aromatic nitrogens is 1. The first-order valence-corrected chi connectivity index (χ1v) is 6.82. The van der Waals surface area contributed by atoms with Crippen LogP contribution in [0, 0.1) is 12.8 Å². The molecule has 108 valence electrons. The first-order valence-electron chi connectivity index (χ1n) is 6.82. The van der Waals surface area contributed by atoms with E-state index in [1.165, 1.54) is 5.56 Å². The lowest BCUT2D eigenvalue weighted by Gasteiger charge is -2.16. The number of nitrogens with two attached hydrogens (primary N) is 1. The Labute approximate surface area is 119 Å². The monoisotopic (exact) mass is 274 g/mol. The van der Waals surface area contributed by atoms with Gasteiger partial charge in [-0.3, -0.25) is 0 Å². The molecule has 2 N–H and O–H groups in total. The summed E-state index contributed by atoms with van der Waals surface area (Å²) in [5, 5.41) is 1.03. The Balaban J connectivity index is 2.72. The minimum absolute atomic E-state index is 0.413. The number of rotatable bonds is 5. The van der Waals surface area contributed by atoms with Crippen molar-refractivity contribution < 1.29 is 9.47 Å². The lowest BCUT2D eigenvalue weighted by atomic mass is 9.96. The molecular formula is C16H22N2O2. The predicted molar refractivity (Wildman–Crippen MR) is 81.5 cm³/mol. The Morgan fingerprint density at radius 1 is 1.20 bits per heavy atom. The quantitative estimate of drug-likeness (QED) is 0.910. The van der Waals surface area contributed by atoms with E-state index in [1.807, 2.05) is 19.1 Å². The fourth-order valence-electron chi connectivity index (χ4n) is 2.46. The molecule has 20 heavy (non-hydrogen) atoms. The molecule has 0 radical (unpaired) electrons. The first kappa shape index (κ1) is 14.6. The third-order valence-corrected chi connectivity index (χ3v) is 3.51. The summed E-state index contributed by atoms with van der Waals surface area (Å²) in [4.78, 5) is 4.61. The second-order valence-corrected chi connectivity index (χ2v) is 5.16. The van der Waals surface area contributed by atoms with Crippen LogP contribution >= 0.6 is 0 Å². The number of methoxy groups -OCH3 is 2. The molecule has 2 rings (SSSR count). The minimum atomic E-state index is 0.413. The van der Waals surface area contributed by atoms with E-state index in [2.05, 4.69) is 18.0 Å². The highest BCUT2D eigenvalue weighted by Crippen LogP contribution is 2.35. The summed E-state index contributed by atoms with van der Waals surface area (Å²) < 4.78 is 10.9. The standard InChI is InChI=1S/C16H22N2O2/c1-10(9-17)7-12-8-11(2)18-16-14(20-4)6-5-13(19-3)15(12)16/h5-6,8,10H,7,9,17H2,1-4H3. The maximum absolute atomic E-state index is 5.76. The zero-order valence-corrected chi connectivity index (χ0v) is 12.6. The zero-order valence-electron chi connectivity index (χ0n) is 12.6. The van der Waals surface area contributed by atoms with Crippen LogP contribution in [0.15, 0.2) is 18.2 Å². The highest BCUT2D eigenvalue weighted by molar-refractivity contribution is 5.93. The van der Waals surface area contributed by atoms with Gasteiger partial charge in [-0.25, -0.2) is 4.98 Å². The Morgan fingerprint density at radius 3 is 2.45 bits per heavy atom. The molecule has 0 saturated carbocycles. The summed E-state index contributed by atoms with van der Waals surface area (Å²) in [5.41, 5.74) is 8.79. The van der Waals surface area contributed by atoms with Crippen LogP contribution in [0.2, 0.25) is 0 Å². The maximum Gasteiger partial charge on any atom is 0.145 e. The number of nitrogens with zero attached hydrogens (tertiary/aromatic N) is 1. The van der Waals surface area contributed by atoms with E-state index < -0.39 is 0 Å². The van der Waals surface area contributed by atoms with Gasteiger partial charge in [-0.2, -0.15) is 0 Å². The highest BCUT2D eigenvalue weighted by atomic mass is 16.5. The van der Waals surface area contributed by atoms with Crippen molar-refractivity contribution in [3.63, 3.8) is 0 Å². The molecule has 1 aromatic heterocycles. The predicted octanol–water partition coefficient (Wildman–Crippen LogP) is 2.70. The molecule has 0 aliphatic carbocycles. The van der Waals surface area contributed by atoms with Crippen LogP contribution in [0.5, 0.6) is 11.5 Å². The summed E-state index contributed by atoms with van der Waals surface area (Å²) in [7, 11) is 3.34. The first-order chi connectivity index (χ1) is 9.60. The molecule has 0 aliphatic heterocycles. The third kappa shape index (κ3) is 2.70. The average Bonchev–Trinajstić information content (AvgIpc) is 2.45. The number of aryl methyl sites for hydroxylation is 1. The molecule has 0 fully saturated rings. The molecule has 0 amide bonds. The highest BCUT2D eigenvalue weighted by Gasteiger charge is 2.15. The van der Waals surface area contributed by atoms with Gasteiger partial charge in [0.25, 0.3) is 0 Å². The van der Waals surface area contributed by atoms with Crippen LogP contribution in [0.25, 0.3) is 10.9 Å².